The Bertz CT molecular complexity index is 176. The number of nitrogens with zero attached hydrogens (tertiary/aromatic N) is 2. The van der Waals surface area contributed by atoms with Gasteiger partial charge in [-0.3, -0.25) is 0 Å². The molecule has 0 spiro atoms. The van der Waals surface area contributed by atoms with Crippen LogP contribution in [0.4, 0.5) is 0 Å². The van der Waals surface area contributed by atoms with Gasteiger partial charge in [0.1, 0.15) is 21.9 Å². The van der Waals surface area contributed by atoms with Gasteiger partial charge in [0.15, 0.2) is 0 Å². The first-order valence-electron chi connectivity index (χ1n) is 1.64. The number of thiol groups is 2. The van der Waals surface area contributed by atoms with E-state index in [4.69, 9.17) is 10.5 Å². The van der Waals surface area contributed by atoms with E-state index in [1.165, 1.54) is 0 Å². The summed E-state index contributed by atoms with van der Waals surface area (Å²) >= 11 is 7.25. The van der Waals surface area contributed by atoms with Crippen molar-refractivity contribution in [3.05, 3.63) is 9.81 Å². The van der Waals surface area contributed by atoms with Crippen LogP contribution in [-0.4, -0.2) is 29.6 Å². The second-order valence-corrected chi connectivity index (χ2v) is 1.82. The Hall–Kier alpha value is 0.420. The van der Waals surface area contributed by atoms with Gasteiger partial charge in [0.25, 0.3) is 0 Å². The standard InChI is InChI=1S/C4H2N2S2.Na.H/c5-1-3(7)4(8)2-6;;/h7-8H;;. The number of rotatable bonds is 0. The van der Waals surface area contributed by atoms with E-state index in [0.29, 0.717) is 0 Å². The minimum atomic E-state index is 0. The first-order chi connectivity index (χ1) is 3.72. The molecule has 0 rings (SSSR count). The summed E-state index contributed by atoms with van der Waals surface area (Å²) in [6.45, 7) is 0. The van der Waals surface area contributed by atoms with E-state index >= 15 is 0 Å². The average molecular weight is 166 g/mol. The molecule has 0 aromatic carbocycles. The van der Waals surface area contributed by atoms with Crippen LogP contribution in [-0.2, 0) is 0 Å². The van der Waals surface area contributed by atoms with E-state index in [1.807, 2.05) is 0 Å². The topological polar surface area (TPSA) is 47.6 Å². The Morgan fingerprint density at radius 1 is 1.00 bits per heavy atom. The van der Waals surface area contributed by atoms with Crippen LogP contribution in [0.2, 0.25) is 0 Å². The van der Waals surface area contributed by atoms with Crippen molar-refractivity contribution in [1.82, 2.24) is 0 Å². The molecule has 0 atom stereocenters. The molecule has 0 aromatic heterocycles. The van der Waals surface area contributed by atoms with Crippen molar-refractivity contribution < 1.29 is 0 Å². The van der Waals surface area contributed by atoms with Crippen molar-refractivity contribution in [2.45, 2.75) is 0 Å². The molecule has 0 amide bonds. The molecule has 2 nitrogen and oxygen atoms in total. The third-order valence-electron chi connectivity index (χ3n) is 0.436. The Kier molecular flexibility index (Phi) is 8.81. The summed E-state index contributed by atoms with van der Waals surface area (Å²) in [5.74, 6) is 0. The fourth-order valence-electron chi connectivity index (χ4n) is 0.106. The van der Waals surface area contributed by atoms with Crippen LogP contribution < -0.4 is 0 Å². The molecule has 0 bridgehead atoms. The molecule has 0 unspecified atom stereocenters. The summed E-state index contributed by atoms with van der Waals surface area (Å²) in [5, 5.41) is 16.1. The molecule has 9 heavy (non-hydrogen) atoms. The maximum absolute atomic E-state index is 8.05. The van der Waals surface area contributed by atoms with Crippen LogP contribution in [0.15, 0.2) is 9.81 Å². The van der Waals surface area contributed by atoms with Gasteiger partial charge >= 0.3 is 29.6 Å². The Balaban J connectivity index is 0. The second kappa shape index (κ2) is 6.54. The fourth-order valence-corrected chi connectivity index (χ4v) is 0.206. The fraction of sp³-hybridized carbons (Fsp3) is 0. The first kappa shape index (κ1) is 12.1. The van der Waals surface area contributed by atoms with Crippen LogP contribution in [0.1, 0.15) is 0 Å². The van der Waals surface area contributed by atoms with Crippen LogP contribution >= 0.6 is 25.3 Å². The summed E-state index contributed by atoms with van der Waals surface area (Å²) in [6, 6.07) is 3.32. The number of nitriles is 2. The van der Waals surface area contributed by atoms with Crippen molar-refractivity contribution in [2.24, 2.45) is 0 Å². The normalized spacial score (nSPS) is 9.78. The van der Waals surface area contributed by atoms with Crippen LogP contribution in [0, 0.1) is 22.7 Å². The van der Waals surface area contributed by atoms with Crippen molar-refractivity contribution in [3.8, 4) is 12.1 Å². The molecule has 42 valence electrons. The molecule has 0 N–H and O–H groups in total. The summed E-state index contributed by atoms with van der Waals surface area (Å²) in [5.41, 5.74) is 0. The monoisotopic (exact) mass is 166 g/mol. The third-order valence-corrected chi connectivity index (χ3v) is 1.26. The maximum atomic E-state index is 8.05. The number of hydrogen-bond donors (Lipinski definition) is 2. The van der Waals surface area contributed by atoms with Crippen molar-refractivity contribution in [2.75, 3.05) is 0 Å². The van der Waals surface area contributed by atoms with E-state index in [0.717, 1.165) is 0 Å². The molecule has 0 aromatic rings. The van der Waals surface area contributed by atoms with Crippen molar-refractivity contribution >= 4 is 54.8 Å². The molecule has 0 aliphatic rings. The van der Waals surface area contributed by atoms with Gasteiger partial charge in [0.2, 0.25) is 0 Å². The van der Waals surface area contributed by atoms with Gasteiger partial charge in [-0.15, -0.1) is 25.3 Å². The van der Waals surface area contributed by atoms with E-state index in [2.05, 4.69) is 25.3 Å². The predicted octanol–water partition coefficient (Wildman–Crippen LogP) is 0.456. The average Bonchev–Trinajstić information content (AvgIpc) is 1.84. The molecule has 0 aliphatic heterocycles. The predicted molar refractivity (Wildman–Crippen MR) is 43.4 cm³/mol. The van der Waals surface area contributed by atoms with E-state index < -0.39 is 0 Å². The second-order valence-electron chi connectivity index (χ2n) is 0.921. The third kappa shape index (κ3) is 4.90. The Morgan fingerprint density at radius 2 is 1.22 bits per heavy atom. The molecular weight excluding hydrogens is 163 g/mol. The molecule has 0 saturated carbocycles. The molecule has 0 heterocycles. The molecule has 0 radical (unpaired) electrons. The zero-order valence-electron chi connectivity index (χ0n) is 3.79. The van der Waals surface area contributed by atoms with Gasteiger partial charge in [-0.1, -0.05) is 0 Å². The van der Waals surface area contributed by atoms with Gasteiger partial charge < -0.3 is 0 Å². The van der Waals surface area contributed by atoms with Gasteiger partial charge in [-0.25, -0.2) is 0 Å². The van der Waals surface area contributed by atoms with E-state index in [1.54, 1.807) is 12.1 Å². The SMILES string of the molecule is N#CC(S)=C(S)C#N.[NaH]. The molecular formula is C4H3N2NaS2. The van der Waals surface area contributed by atoms with Crippen LogP contribution in [0.3, 0.4) is 0 Å². The minimum absolute atomic E-state index is 0. The van der Waals surface area contributed by atoms with Crippen molar-refractivity contribution in [3.63, 3.8) is 0 Å². The summed E-state index contributed by atoms with van der Waals surface area (Å²) in [6.07, 6.45) is 0. The van der Waals surface area contributed by atoms with Gasteiger partial charge in [-0.05, 0) is 0 Å². The molecule has 0 fully saturated rings. The zero-order chi connectivity index (χ0) is 6.57. The van der Waals surface area contributed by atoms with Crippen molar-refractivity contribution in [1.29, 1.82) is 10.5 Å². The Morgan fingerprint density at radius 3 is 1.33 bits per heavy atom. The summed E-state index contributed by atoms with van der Waals surface area (Å²) in [4.78, 5) is 0.103. The Labute approximate surface area is 86.7 Å². The molecule has 0 aliphatic carbocycles. The summed E-state index contributed by atoms with van der Waals surface area (Å²) < 4.78 is 0. The van der Waals surface area contributed by atoms with Gasteiger partial charge in [-0.2, -0.15) is 10.5 Å². The summed E-state index contributed by atoms with van der Waals surface area (Å²) in [7, 11) is 0. The van der Waals surface area contributed by atoms with E-state index in [-0.39, 0.29) is 39.4 Å². The van der Waals surface area contributed by atoms with Gasteiger partial charge in [0, 0.05) is 0 Å². The number of allylic oxidation sites excluding steroid dienone is 2. The molecule has 5 heteroatoms. The van der Waals surface area contributed by atoms with E-state index in [9.17, 15) is 0 Å². The van der Waals surface area contributed by atoms with Gasteiger partial charge in [0.05, 0.1) is 0 Å². The van der Waals surface area contributed by atoms with Crippen LogP contribution in [0.25, 0.3) is 0 Å². The molecule has 0 saturated heterocycles. The number of hydrogen-bond acceptors (Lipinski definition) is 4. The van der Waals surface area contributed by atoms with Crippen LogP contribution in [0.5, 0.6) is 0 Å². The zero-order valence-corrected chi connectivity index (χ0v) is 5.58. The quantitative estimate of drug-likeness (QED) is 0.312. The first-order valence-corrected chi connectivity index (χ1v) is 2.54.